The lowest BCUT2D eigenvalue weighted by Gasteiger charge is -2.34. The number of hydrogen-bond acceptors (Lipinski definition) is 4. The minimum atomic E-state index is -4.63. The summed E-state index contributed by atoms with van der Waals surface area (Å²) in [6.07, 6.45) is -4.63. The van der Waals surface area contributed by atoms with Crippen molar-refractivity contribution in [3.63, 3.8) is 0 Å². The van der Waals surface area contributed by atoms with Crippen LogP contribution in [-0.2, 0) is 22.6 Å². The molecule has 136 valence electrons. The Morgan fingerprint density at radius 2 is 1.68 bits per heavy atom. The summed E-state index contributed by atoms with van der Waals surface area (Å²) in [5.41, 5.74) is 4.31. The normalized spacial score (nSPS) is 13.0. The smallest absolute Gasteiger partial charge is 0.416 e. The summed E-state index contributed by atoms with van der Waals surface area (Å²) in [5, 5.41) is 11.9. The number of nitrogen functional groups attached to an aromatic ring is 1. The number of anilines is 1. The van der Waals surface area contributed by atoms with Gasteiger partial charge in [-0.1, -0.05) is 18.2 Å². The Morgan fingerprint density at radius 1 is 1.08 bits per heavy atom. The molecule has 0 aliphatic rings. The van der Waals surface area contributed by atoms with Crippen LogP contribution in [0.15, 0.2) is 52.3 Å². The molecular formula is C16H17F3N2O3S. The molecule has 9 heteroatoms. The van der Waals surface area contributed by atoms with Gasteiger partial charge in [0.1, 0.15) is 6.54 Å². The van der Waals surface area contributed by atoms with Crippen molar-refractivity contribution in [2.75, 3.05) is 19.8 Å². The second kappa shape index (κ2) is 6.32. The van der Waals surface area contributed by atoms with Gasteiger partial charge in [0.05, 0.1) is 35.1 Å². The summed E-state index contributed by atoms with van der Waals surface area (Å²) in [6.45, 7) is -0.115. The maximum atomic E-state index is 12.9. The fraction of sp³-hybridized carbons (Fsp3) is 0.250. The zero-order chi connectivity index (χ0) is 19.0. The Kier molecular flexibility index (Phi) is 4.86. The molecule has 2 aromatic carbocycles. The molecule has 0 atom stereocenters. The maximum Gasteiger partial charge on any atom is 0.416 e. The third kappa shape index (κ3) is 4.30. The lowest BCUT2D eigenvalue weighted by Crippen LogP contribution is -2.31. The Hall–Kier alpha value is -2.10. The number of hydroxylamine groups is 3. The standard InChI is InChI=1S/C16H17F3N2O3S/c1-21(2,22)10-11-5-3-4-6-14(11)25(23,24)15-8-7-12(9-13(15)20)16(17,18)19/h3-9H,10,20H2,1-2H3. The highest BCUT2D eigenvalue weighted by molar-refractivity contribution is 7.91. The first kappa shape index (κ1) is 19.2. The van der Waals surface area contributed by atoms with Crippen molar-refractivity contribution in [2.24, 2.45) is 0 Å². The van der Waals surface area contributed by atoms with Crippen molar-refractivity contribution in [2.45, 2.75) is 22.5 Å². The zero-order valence-electron chi connectivity index (χ0n) is 13.5. The van der Waals surface area contributed by atoms with Crippen molar-refractivity contribution in [3.8, 4) is 0 Å². The molecule has 2 N–H and O–H groups in total. The average Bonchev–Trinajstić information content (AvgIpc) is 2.44. The number of rotatable bonds is 4. The van der Waals surface area contributed by atoms with Crippen molar-refractivity contribution in [3.05, 3.63) is 58.8 Å². The third-order valence-electron chi connectivity index (χ3n) is 3.44. The molecule has 0 fully saturated rings. The molecule has 5 nitrogen and oxygen atoms in total. The van der Waals surface area contributed by atoms with Crippen molar-refractivity contribution in [1.82, 2.24) is 0 Å². The maximum absolute atomic E-state index is 12.9. The van der Waals surface area contributed by atoms with E-state index in [9.17, 15) is 26.8 Å². The second-order valence-electron chi connectivity index (χ2n) is 6.09. The van der Waals surface area contributed by atoms with Crippen LogP contribution < -0.4 is 5.73 Å². The van der Waals surface area contributed by atoms with Gasteiger partial charge >= 0.3 is 6.18 Å². The van der Waals surface area contributed by atoms with Gasteiger partial charge in [0.25, 0.3) is 0 Å². The molecule has 0 heterocycles. The van der Waals surface area contributed by atoms with Gasteiger partial charge in [-0.15, -0.1) is 0 Å². The van der Waals surface area contributed by atoms with E-state index in [0.717, 1.165) is 6.07 Å². The van der Waals surface area contributed by atoms with E-state index in [1.807, 2.05) is 0 Å². The Bertz CT molecular complexity index is 888. The molecule has 25 heavy (non-hydrogen) atoms. The van der Waals surface area contributed by atoms with E-state index in [0.29, 0.717) is 12.1 Å². The lowest BCUT2D eigenvalue weighted by atomic mass is 10.2. The van der Waals surface area contributed by atoms with Gasteiger partial charge in [-0.05, 0) is 24.3 Å². The molecule has 2 aromatic rings. The number of sulfone groups is 1. The monoisotopic (exact) mass is 374 g/mol. The van der Waals surface area contributed by atoms with E-state index in [1.54, 1.807) is 6.07 Å². The van der Waals surface area contributed by atoms with Crippen LogP contribution in [0.1, 0.15) is 11.1 Å². The van der Waals surface area contributed by atoms with Crippen LogP contribution in [0.25, 0.3) is 0 Å². The van der Waals surface area contributed by atoms with Crippen LogP contribution in [0.2, 0.25) is 0 Å². The third-order valence-corrected chi connectivity index (χ3v) is 5.37. The molecule has 0 aliphatic heterocycles. The van der Waals surface area contributed by atoms with Crippen LogP contribution in [-0.4, -0.2) is 27.2 Å². The SMILES string of the molecule is C[N+](C)([O-])Cc1ccccc1S(=O)(=O)c1ccc(C(F)(F)F)cc1N. The number of benzene rings is 2. The van der Waals surface area contributed by atoms with Gasteiger partial charge in [0, 0.05) is 5.56 Å². The number of alkyl halides is 3. The summed E-state index contributed by atoms with van der Waals surface area (Å²) in [5.74, 6) is 0. The molecule has 0 saturated carbocycles. The van der Waals surface area contributed by atoms with E-state index < -0.39 is 36.8 Å². The topological polar surface area (TPSA) is 83.2 Å². The molecule has 2 rings (SSSR count). The molecular weight excluding hydrogens is 357 g/mol. The summed E-state index contributed by atoms with van der Waals surface area (Å²) in [7, 11) is -1.46. The van der Waals surface area contributed by atoms with E-state index in [-0.39, 0.29) is 17.0 Å². The molecule has 0 aromatic heterocycles. The van der Waals surface area contributed by atoms with Crippen LogP contribution in [0.5, 0.6) is 0 Å². The van der Waals surface area contributed by atoms with Crippen LogP contribution in [0, 0.1) is 5.21 Å². The first-order valence-electron chi connectivity index (χ1n) is 7.16. The van der Waals surface area contributed by atoms with Crippen molar-refractivity contribution < 1.29 is 26.2 Å². The van der Waals surface area contributed by atoms with Crippen molar-refractivity contribution in [1.29, 1.82) is 0 Å². The van der Waals surface area contributed by atoms with Crippen LogP contribution in [0.3, 0.4) is 0 Å². The number of halogens is 3. The average molecular weight is 374 g/mol. The minimum Gasteiger partial charge on any atom is -0.633 e. The number of hydrogen-bond donors (Lipinski definition) is 1. The molecule has 0 radical (unpaired) electrons. The van der Waals surface area contributed by atoms with Gasteiger partial charge in [0.2, 0.25) is 9.84 Å². The van der Waals surface area contributed by atoms with E-state index in [2.05, 4.69) is 0 Å². The molecule has 0 amide bonds. The molecule has 0 bridgehead atoms. The van der Waals surface area contributed by atoms with E-state index >= 15 is 0 Å². The van der Waals surface area contributed by atoms with Gasteiger partial charge in [-0.25, -0.2) is 8.42 Å². The Morgan fingerprint density at radius 3 is 2.20 bits per heavy atom. The van der Waals surface area contributed by atoms with Gasteiger partial charge < -0.3 is 15.6 Å². The summed E-state index contributed by atoms with van der Waals surface area (Å²) in [6, 6.07) is 7.94. The predicted octanol–water partition coefficient (Wildman–Crippen LogP) is 3.19. The van der Waals surface area contributed by atoms with Crippen LogP contribution in [0.4, 0.5) is 18.9 Å². The Labute approximate surface area is 143 Å². The highest BCUT2D eigenvalue weighted by Gasteiger charge is 2.32. The lowest BCUT2D eigenvalue weighted by molar-refractivity contribution is -0.854. The van der Waals surface area contributed by atoms with Gasteiger partial charge in [-0.3, -0.25) is 0 Å². The Balaban J connectivity index is 2.58. The molecule has 0 aliphatic carbocycles. The van der Waals surface area contributed by atoms with Crippen LogP contribution >= 0.6 is 0 Å². The van der Waals surface area contributed by atoms with E-state index in [1.165, 1.54) is 32.3 Å². The quantitative estimate of drug-likeness (QED) is 0.506. The number of quaternary nitrogens is 1. The van der Waals surface area contributed by atoms with Crippen molar-refractivity contribution >= 4 is 15.5 Å². The molecule has 0 spiro atoms. The highest BCUT2D eigenvalue weighted by Crippen LogP contribution is 2.35. The summed E-state index contributed by atoms with van der Waals surface area (Å²) in [4.78, 5) is -0.576. The number of nitrogens with zero attached hydrogens (tertiary/aromatic N) is 1. The fourth-order valence-corrected chi connectivity index (χ4v) is 3.98. The summed E-state index contributed by atoms with van der Waals surface area (Å²) < 4.78 is 63.1. The second-order valence-corrected chi connectivity index (χ2v) is 7.98. The first-order chi connectivity index (χ1) is 11.3. The van der Waals surface area contributed by atoms with E-state index in [4.69, 9.17) is 5.73 Å². The van der Waals surface area contributed by atoms with Gasteiger partial charge in [-0.2, -0.15) is 13.2 Å². The first-order valence-corrected chi connectivity index (χ1v) is 8.64. The molecule has 0 saturated heterocycles. The van der Waals surface area contributed by atoms with Gasteiger partial charge in [0.15, 0.2) is 0 Å². The largest absolute Gasteiger partial charge is 0.633 e. The fourth-order valence-electron chi connectivity index (χ4n) is 2.39. The number of nitrogens with two attached hydrogens (primary N) is 1. The highest BCUT2D eigenvalue weighted by atomic mass is 32.2. The predicted molar refractivity (Wildman–Crippen MR) is 86.9 cm³/mol. The molecule has 0 unspecified atom stereocenters. The minimum absolute atomic E-state index is 0.115. The summed E-state index contributed by atoms with van der Waals surface area (Å²) >= 11 is 0. The zero-order valence-corrected chi connectivity index (χ0v) is 14.4.